The number of aryl methyl sites for hydroxylation is 1. The quantitative estimate of drug-likeness (QED) is 0.772. The number of aromatic nitrogens is 2. The first-order valence-electron chi connectivity index (χ1n) is 6.17. The second kappa shape index (κ2) is 5.20. The van der Waals surface area contributed by atoms with Gasteiger partial charge in [-0.05, 0) is 27.4 Å². The average Bonchev–Trinajstić information content (AvgIpc) is 2.84. The standard InChI is InChI=1S/C11H20N4O3S/c1-8-11(5-12-13-8)19(17,18)15-7-10(16)4-9(15)6-14(2)3/h5,9-10,16H,4,6-7H2,1-3H3,(H,12,13). The predicted octanol–water partition coefficient (Wildman–Crippen LogP) is -0.596. The van der Waals surface area contributed by atoms with Crippen LogP contribution in [0.3, 0.4) is 0 Å². The van der Waals surface area contributed by atoms with Gasteiger partial charge in [0, 0.05) is 19.1 Å². The van der Waals surface area contributed by atoms with Gasteiger partial charge in [-0.25, -0.2) is 8.42 Å². The Morgan fingerprint density at radius 3 is 2.79 bits per heavy atom. The van der Waals surface area contributed by atoms with Gasteiger partial charge >= 0.3 is 0 Å². The van der Waals surface area contributed by atoms with Crippen molar-refractivity contribution in [2.75, 3.05) is 27.2 Å². The third kappa shape index (κ3) is 2.81. The maximum atomic E-state index is 12.6. The van der Waals surface area contributed by atoms with Crippen LogP contribution in [0.5, 0.6) is 0 Å². The highest BCUT2D eigenvalue weighted by atomic mass is 32.2. The summed E-state index contributed by atoms with van der Waals surface area (Å²) in [6, 6.07) is -0.204. The Labute approximate surface area is 113 Å². The molecule has 2 heterocycles. The summed E-state index contributed by atoms with van der Waals surface area (Å²) in [5.74, 6) is 0. The molecular weight excluding hydrogens is 268 g/mol. The first-order valence-corrected chi connectivity index (χ1v) is 7.61. The first kappa shape index (κ1) is 14.4. The van der Waals surface area contributed by atoms with Crippen molar-refractivity contribution < 1.29 is 13.5 Å². The summed E-state index contributed by atoms with van der Waals surface area (Å²) in [7, 11) is 0.174. The number of aromatic amines is 1. The van der Waals surface area contributed by atoms with Gasteiger partial charge in [0.2, 0.25) is 10.0 Å². The van der Waals surface area contributed by atoms with Crippen LogP contribution >= 0.6 is 0 Å². The van der Waals surface area contributed by atoms with Crippen molar-refractivity contribution in [2.45, 2.75) is 30.4 Å². The molecule has 2 N–H and O–H groups in total. The molecule has 1 aromatic heterocycles. The highest BCUT2D eigenvalue weighted by molar-refractivity contribution is 7.89. The van der Waals surface area contributed by atoms with Crippen molar-refractivity contribution in [1.82, 2.24) is 19.4 Å². The SMILES string of the molecule is Cc1[nH]ncc1S(=O)(=O)N1CC(O)CC1CN(C)C. The summed E-state index contributed by atoms with van der Waals surface area (Å²) in [6.45, 7) is 2.41. The maximum Gasteiger partial charge on any atom is 0.246 e. The van der Waals surface area contributed by atoms with E-state index in [1.807, 2.05) is 19.0 Å². The van der Waals surface area contributed by atoms with Crippen LogP contribution < -0.4 is 0 Å². The fourth-order valence-corrected chi connectivity index (χ4v) is 4.26. The molecule has 0 bridgehead atoms. The molecule has 2 rings (SSSR count). The van der Waals surface area contributed by atoms with Crippen LogP contribution in [0, 0.1) is 6.92 Å². The van der Waals surface area contributed by atoms with Crippen molar-refractivity contribution in [3.05, 3.63) is 11.9 Å². The number of aliphatic hydroxyl groups excluding tert-OH is 1. The number of rotatable bonds is 4. The molecule has 2 unspecified atom stereocenters. The molecule has 108 valence electrons. The van der Waals surface area contributed by atoms with E-state index in [1.165, 1.54) is 10.5 Å². The third-order valence-corrected chi connectivity index (χ3v) is 5.32. The van der Waals surface area contributed by atoms with E-state index in [1.54, 1.807) is 6.92 Å². The highest BCUT2D eigenvalue weighted by Gasteiger charge is 2.40. The van der Waals surface area contributed by atoms with Crippen molar-refractivity contribution in [3.63, 3.8) is 0 Å². The minimum Gasteiger partial charge on any atom is -0.392 e. The van der Waals surface area contributed by atoms with E-state index in [2.05, 4.69) is 10.2 Å². The van der Waals surface area contributed by atoms with E-state index in [0.29, 0.717) is 18.7 Å². The normalized spacial score (nSPS) is 25.3. The summed E-state index contributed by atoms with van der Waals surface area (Å²) in [6.07, 6.45) is 1.18. The molecule has 0 aromatic carbocycles. The molecule has 0 spiro atoms. The smallest absolute Gasteiger partial charge is 0.246 e. The Balaban J connectivity index is 2.31. The number of H-pyrrole nitrogens is 1. The van der Waals surface area contributed by atoms with Crippen molar-refractivity contribution >= 4 is 10.0 Å². The fourth-order valence-electron chi connectivity index (χ4n) is 2.47. The van der Waals surface area contributed by atoms with E-state index in [-0.39, 0.29) is 17.5 Å². The van der Waals surface area contributed by atoms with Gasteiger partial charge in [-0.2, -0.15) is 9.40 Å². The molecule has 0 saturated carbocycles. The molecule has 1 aromatic rings. The number of likely N-dealkylation sites (N-methyl/N-ethyl adjacent to an activating group) is 1. The summed E-state index contributed by atoms with van der Waals surface area (Å²) in [5, 5.41) is 16.2. The van der Waals surface area contributed by atoms with Crippen molar-refractivity contribution in [2.24, 2.45) is 0 Å². The van der Waals surface area contributed by atoms with Gasteiger partial charge in [-0.3, -0.25) is 5.10 Å². The highest BCUT2D eigenvalue weighted by Crippen LogP contribution is 2.27. The van der Waals surface area contributed by atoms with E-state index in [0.717, 1.165) is 0 Å². The Bertz CT molecular complexity index is 540. The minimum atomic E-state index is -3.60. The summed E-state index contributed by atoms with van der Waals surface area (Å²) in [4.78, 5) is 2.11. The van der Waals surface area contributed by atoms with E-state index < -0.39 is 16.1 Å². The number of sulfonamides is 1. The monoisotopic (exact) mass is 288 g/mol. The topological polar surface area (TPSA) is 89.5 Å². The maximum absolute atomic E-state index is 12.6. The van der Waals surface area contributed by atoms with Crippen molar-refractivity contribution in [1.29, 1.82) is 0 Å². The molecule has 8 heteroatoms. The summed E-state index contributed by atoms with van der Waals surface area (Å²) < 4.78 is 26.6. The fraction of sp³-hybridized carbons (Fsp3) is 0.727. The lowest BCUT2D eigenvalue weighted by molar-refractivity contribution is 0.188. The molecule has 0 aliphatic carbocycles. The molecule has 1 saturated heterocycles. The van der Waals surface area contributed by atoms with Gasteiger partial charge in [0.15, 0.2) is 0 Å². The zero-order chi connectivity index (χ0) is 14.2. The Kier molecular flexibility index (Phi) is 3.95. The largest absolute Gasteiger partial charge is 0.392 e. The minimum absolute atomic E-state index is 0.144. The van der Waals surface area contributed by atoms with Gasteiger partial charge in [0.1, 0.15) is 4.90 Å². The van der Waals surface area contributed by atoms with Crippen LogP contribution in [0.1, 0.15) is 12.1 Å². The summed E-state index contributed by atoms with van der Waals surface area (Å²) in [5.41, 5.74) is 0.519. The molecule has 1 fully saturated rings. The zero-order valence-corrected chi connectivity index (χ0v) is 12.2. The molecule has 1 aliphatic rings. The van der Waals surface area contributed by atoms with Gasteiger partial charge < -0.3 is 10.0 Å². The number of nitrogens with one attached hydrogen (secondary N) is 1. The second-order valence-electron chi connectivity index (χ2n) is 5.24. The van der Waals surface area contributed by atoms with Gasteiger partial charge in [-0.15, -0.1) is 0 Å². The predicted molar refractivity (Wildman–Crippen MR) is 70.2 cm³/mol. The molecule has 1 aliphatic heterocycles. The second-order valence-corrected chi connectivity index (χ2v) is 7.10. The van der Waals surface area contributed by atoms with E-state index in [9.17, 15) is 13.5 Å². The van der Waals surface area contributed by atoms with E-state index >= 15 is 0 Å². The number of aliphatic hydroxyl groups is 1. The van der Waals surface area contributed by atoms with Crippen LogP contribution in [0.15, 0.2) is 11.1 Å². The number of hydrogen-bond donors (Lipinski definition) is 2. The van der Waals surface area contributed by atoms with Crippen LogP contribution in [-0.2, 0) is 10.0 Å². The molecule has 7 nitrogen and oxygen atoms in total. The number of β-amino-alcohol motifs (C(OH)–C–C–N with tert-alkyl or cyclic N) is 1. The number of nitrogens with zero attached hydrogens (tertiary/aromatic N) is 3. The van der Waals surface area contributed by atoms with E-state index in [4.69, 9.17) is 0 Å². The van der Waals surface area contributed by atoms with Crippen LogP contribution in [0.4, 0.5) is 0 Å². The number of hydrogen-bond acceptors (Lipinski definition) is 5. The summed E-state index contributed by atoms with van der Waals surface area (Å²) >= 11 is 0. The third-order valence-electron chi connectivity index (χ3n) is 3.29. The first-order chi connectivity index (χ1) is 8.82. The van der Waals surface area contributed by atoms with Gasteiger partial charge in [-0.1, -0.05) is 0 Å². The van der Waals surface area contributed by atoms with Crippen LogP contribution in [0.25, 0.3) is 0 Å². The lowest BCUT2D eigenvalue weighted by atomic mass is 10.2. The van der Waals surface area contributed by atoms with Gasteiger partial charge in [0.25, 0.3) is 0 Å². The Hall–Kier alpha value is -0.960. The molecule has 0 amide bonds. The molecule has 0 radical (unpaired) electrons. The molecule has 2 atom stereocenters. The van der Waals surface area contributed by atoms with Gasteiger partial charge in [0.05, 0.1) is 18.0 Å². The van der Waals surface area contributed by atoms with Crippen molar-refractivity contribution in [3.8, 4) is 0 Å². The van der Waals surface area contributed by atoms with Crippen LogP contribution in [-0.4, -0.2) is 72.3 Å². The Morgan fingerprint density at radius 1 is 1.58 bits per heavy atom. The molecule has 19 heavy (non-hydrogen) atoms. The lowest BCUT2D eigenvalue weighted by Gasteiger charge is -2.25. The zero-order valence-electron chi connectivity index (χ0n) is 11.4. The molecular formula is C11H20N4O3S. The average molecular weight is 288 g/mol. The van der Waals surface area contributed by atoms with Crippen LogP contribution in [0.2, 0.25) is 0 Å². The lowest BCUT2D eigenvalue weighted by Crippen LogP contribution is -2.41. The Morgan fingerprint density at radius 2 is 2.26 bits per heavy atom.